The molecule has 2 aromatic carbocycles. The Hall–Kier alpha value is -3.13. The van der Waals surface area contributed by atoms with Gasteiger partial charge in [-0.1, -0.05) is 17.7 Å². The van der Waals surface area contributed by atoms with Crippen molar-refractivity contribution in [3.63, 3.8) is 0 Å². The van der Waals surface area contributed by atoms with Crippen molar-refractivity contribution >= 4 is 20.9 Å². The zero-order chi connectivity index (χ0) is 19.9. The van der Waals surface area contributed by atoms with Gasteiger partial charge in [-0.15, -0.1) is 0 Å². The summed E-state index contributed by atoms with van der Waals surface area (Å²) in [7, 11) is -1.75. The molecular formula is C20H20N4O3S. The molecule has 0 amide bonds. The minimum absolute atomic E-state index is 0.118. The smallest absolute Gasteiger partial charge is 0.185 e. The molecule has 2 aromatic heterocycles. The van der Waals surface area contributed by atoms with Crippen LogP contribution in [0.3, 0.4) is 0 Å². The van der Waals surface area contributed by atoms with Gasteiger partial charge in [0.2, 0.25) is 0 Å². The number of hydrogen-bond donors (Lipinski definition) is 1. The van der Waals surface area contributed by atoms with E-state index in [2.05, 4.69) is 9.97 Å². The molecule has 0 aliphatic carbocycles. The van der Waals surface area contributed by atoms with Crippen molar-refractivity contribution in [2.45, 2.75) is 24.1 Å². The Labute approximate surface area is 162 Å². The van der Waals surface area contributed by atoms with Gasteiger partial charge in [-0.3, -0.25) is 0 Å². The van der Waals surface area contributed by atoms with E-state index in [0.29, 0.717) is 23.4 Å². The molecule has 0 spiro atoms. The van der Waals surface area contributed by atoms with E-state index in [1.54, 1.807) is 66.7 Å². The largest absolute Gasteiger partial charge is 0.508 e. The Morgan fingerprint density at radius 3 is 2.54 bits per heavy atom. The summed E-state index contributed by atoms with van der Waals surface area (Å²) in [6.45, 7) is 2.31. The van der Waals surface area contributed by atoms with E-state index >= 15 is 0 Å². The van der Waals surface area contributed by atoms with Crippen LogP contribution in [0.15, 0.2) is 60.0 Å². The van der Waals surface area contributed by atoms with Crippen LogP contribution in [-0.4, -0.2) is 32.6 Å². The number of nitrogens with zero attached hydrogens (tertiary/aromatic N) is 4. The second-order valence-electron chi connectivity index (χ2n) is 6.83. The molecule has 0 atom stereocenters. The number of aromatic nitrogens is 4. The fraction of sp³-hybridized carbons (Fsp3) is 0.200. The first-order valence-corrected chi connectivity index (χ1v) is 10.4. The summed E-state index contributed by atoms with van der Waals surface area (Å²) < 4.78 is 29.3. The predicted molar refractivity (Wildman–Crippen MR) is 106 cm³/mol. The van der Waals surface area contributed by atoms with Gasteiger partial charge in [-0.25, -0.2) is 18.4 Å². The molecule has 28 heavy (non-hydrogen) atoms. The summed E-state index contributed by atoms with van der Waals surface area (Å²) in [6.07, 6.45) is 5.11. The molecule has 0 aliphatic rings. The molecule has 2 heterocycles. The summed E-state index contributed by atoms with van der Waals surface area (Å²) in [5.41, 5.74) is 2.98. The van der Waals surface area contributed by atoms with Gasteiger partial charge in [-0.2, -0.15) is 0 Å². The van der Waals surface area contributed by atoms with Gasteiger partial charge in [0.25, 0.3) is 0 Å². The Morgan fingerprint density at radius 1 is 1.11 bits per heavy atom. The van der Waals surface area contributed by atoms with Crippen molar-refractivity contribution in [1.82, 2.24) is 19.1 Å². The van der Waals surface area contributed by atoms with Crippen LogP contribution in [0.4, 0.5) is 0 Å². The van der Waals surface area contributed by atoms with Crippen LogP contribution in [0.25, 0.3) is 11.0 Å². The van der Waals surface area contributed by atoms with Crippen LogP contribution in [0.2, 0.25) is 0 Å². The number of aryl methyl sites for hydroxylation is 2. The van der Waals surface area contributed by atoms with E-state index in [9.17, 15) is 13.5 Å². The fourth-order valence-corrected chi connectivity index (χ4v) is 4.51. The van der Waals surface area contributed by atoms with Gasteiger partial charge < -0.3 is 14.2 Å². The highest BCUT2D eigenvalue weighted by Crippen LogP contribution is 2.29. The van der Waals surface area contributed by atoms with Crippen LogP contribution in [0.1, 0.15) is 17.0 Å². The van der Waals surface area contributed by atoms with E-state index in [1.807, 2.05) is 11.5 Å². The monoisotopic (exact) mass is 396 g/mol. The number of phenols is 1. The highest BCUT2D eigenvalue weighted by atomic mass is 32.2. The molecule has 8 heteroatoms. The number of fused-ring (bicyclic) bond motifs is 1. The molecule has 0 fully saturated rings. The molecule has 0 saturated heterocycles. The third-order valence-corrected chi connectivity index (χ3v) is 6.45. The number of benzene rings is 2. The first kappa shape index (κ1) is 18.2. The molecule has 0 unspecified atom stereocenters. The second-order valence-corrected chi connectivity index (χ2v) is 8.81. The van der Waals surface area contributed by atoms with Crippen LogP contribution < -0.4 is 0 Å². The maximum Gasteiger partial charge on any atom is 0.185 e. The van der Waals surface area contributed by atoms with Crippen LogP contribution >= 0.6 is 0 Å². The number of phenolic OH excluding ortho intramolecular Hbond substituents is 1. The third kappa shape index (κ3) is 3.27. The molecule has 4 rings (SSSR count). The van der Waals surface area contributed by atoms with E-state index in [1.165, 1.54) is 0 Å². The normalized spacial score (nSPS) is 11.9. The number of hydrogen-bond acceptors (Lipinski definition) is 5. The molecule has 144 valence electrons. The van der Waals surface area contributed by atoms with Gasteiger partial charge in [0.05, 0.1) is 28.8 Å². The Balaban J connectivity index is 1.76. The summed E-state index contributed by atoms with van der Waals surface area (Å²) in [5.74, 6) is 0.326. The molecule has 1 N–H and O–H groups in total. The molecule has 0 saturated carbocycles. The SMILES string of the molecule is Cc1ccc(S(=O)(=O)Cc2nc3c(Cn4ccnc4)c(O)ccc3n2C)cc1. The van der Waals surface area contributed by atoms with E-state index in [4.69, 9.17) is 0 Å². The molecule has 7 nitrogen and oxygen atoms in total. The van der Waals surface area contributed by atoms with Crippen LogP contribution in [0.5, 0.6) is 5.75 Å². The third-order valence-electron chi connectivity index (χ3n) is 4.83. The first-order chi connectivity index (χ1) is 13.3. The summed E-state index contributed by atoms with van der Waals surface area (Å²) in [6, 6.07) is 10.1. The Bertz CT molecular complexity index is 1240. The van der Waals surface area contributed by atoms with Crippen molar-refractivity contribution < 1.29 is 13.5 Å². The van der Waals surface area contributed by atoms with E-state index in [-0.39, 0.29) is 16.4 Å². The number of aromatic hydroxyl groups is 1. The summed E-state index contributed by atoms with van der Waals surface area (Å²) in [5, 5.41) is 10.3. The van der Waals surface area contributed by atoms with Crippen molar-refractivity contribution in [3.8, 4) is 5.75 Å². The lowest BCUT2D eigenvalue weighted by molar-refractivity contribution is 0.467. The lowest BCUT2D eigenvalue weighted by Gasteiger charge is -2.07. The van der Waals surface area contributed by atoms with Crippen LogP contribution in [0, 0.1) is 6.92 Å². The topological polar surface area (TPSA) is 90.0 Å². The highest BCUT2D eigenvalue weighted by Gasteiger charge is 2.21. The predicted octanol–water partition coefficient (Wildman–Crippen LogP) is 2.81. The molecule has 0 aliphatic heterocycles. The molecule has 0 bridgehead atoms. The minimum atomic E-state index is -3.53. The zero-order valence-electron chi connectivity index (χ0n) is 15.6. The van der Waals surface area contributed by atoms with Gasteiger partial charge >= 0.3 is 0 Å². The average Bonchev–Trinajstić information content (AvgIpc) is 3.27. The Kier molecular flexibility index (Phi) is 4.43. The fourth-order valence-electron chi connectivity index (χ4n) is 3.20. The maximum atomic E-state index is 12.8. The molecule has 4 aromatic rings. The molecule has 0 radical (unpaired) electrons. The van der Waals surface area contributed by atoms with Gasteiger partial charge in [-0.05, 0) is 31.2 Å². The zero-order valence-corrected chi connectivity index (χ0v) is 16.4. The van der Waals surface area contributed by atoms with Crippen molar-refractivity contribution in [2.24, 2.45) is 7.05 Å². The van der Waals surface area contributed by atoms with Crippen LogP contribution in [-0.2, 0) is 29.2 Å². The van der Waals surface area contributed by atoms with Crippen molar-refractivity contribution in [2.75, 3.05) is 0 Å². The molecular weight excluding hydrogens is 376 g/mol. The van der Waals surface area contributed by atoms with Gasteiger partial charge in [0.15, 0.2) is 9.84 Å². The quantitative estimate of drug-likeness (QED) is 0.560. The second kappa shape index (κ2) is 6.79. The first-order valence-electron chi connectivity index (χ1n) is 8.76. The minimum Gasteiger partial charge on any atom is -0.508 e. The number of sulfone groups is 1. The lowest BCUT2D eigenvalue weighted by atomic mass is 10.1. The maximum absolute atomic E-state index is 12.8. The van der Waals surface area contributed by atoms with E-state index < -0.39 is 9.84 Å². The lowest BCUT2D eigenvalue weighted by Crippen LogP contribution is -2.09. The van der Waals surface area contributed by atoms with Gasteiger partial charge in [0, 0.05) is 25.0 Å². The van der Waals surface area contributed by atoms with Gasteiger partial charge in [0.1, 0.15) is 17.3 Å². The summed E-state index contributed by atoms with van der Waals surface area (Å²) >= 11 is 0. The van der Waals surface area contributed by atoms with E-state index in [0.717, 1.165) is 11.1 Å². The highest BCUT2D eigenvalue weighted by molar-refractivity contribution is 7.90. The Morgan fingerprint density at radius 2 is 1.86 bits per heavy atom. The summed E-state index contributed by atoms with van der Waals surface area (Å²) in [4.78, 5) is 8.86. The van der Waals surface area contributed by atoms with Crippen molar-refractivity contribution in [3.05, 3.63) is 72.1 Å². The number of imidazole rings is 2. The number of rotatable bonds is 5. The average molecular weight is 396 g/mol. The van der Waals surface area contributed by atoms with Crippen molar-refractivity contribution in [1.29, 1.82) is 0 Å². The standard InChI is InChI=1S/C20H20N4O3S/c1-14-3-5-15(6-4-14)28(26,27)12-19-22-20-16(11-24-10-9-21-13-24)18(25)8-7-17(20)23(19)2/h3-10,13,25H,11-12H2,1-2H3.